The van der Waals surface area contributed by atoms with Crippen molar-refractivity contribution in [2.75, 3.05) is 0 Å². The summed E-state index contributed by atoms with van der Waals surface area (Å²) >= 11 is 14.6. The summed E-state index contributed by atoms with van der Waals surface area (Å²) < 4.78 is 8.23. The zero-order chi connectivity index (χ0) is 10.9. The van der Waals surface area contributed by atoms with Gasteiger partial charge in [-0.3, -0.25) is 0 Å². The van der Waals surface area contributed by atoms with Crippen LogP contribution in [0.3, 0.4) is 0 Å². The van der Waals surface area contributed by atoms with E-state index in [0.717, 1.165) is 0 Å². The second kappa shape index (κ2) is 3.52. The highest BCUT2D eigenvalue weighted by atomic mass is 79.9. The fourth-order valence-corrected chi connectivity index (χ4v) is 8.85. The van der Waals surface area contributed by atoms with Gasteiger partial charge in [0.1, 0.15) is 0 Å². The van der Waals surface area contributed by atoms with Crippen LogP contribution in [-0.2, 0) is 0 Å². The normalized spacial score (nSPS) is 12.4. The van der Waals surface area contributed by atoms with E-state index in [2.05, 4.69) is 44.0 Å². The van der Waals surface area contributed by atoms with E-state index in [0.29, 0.717) is 0 Å². The molecule has 0 aliphatic rings. The molecular weight excluding hydrogens is 408 g/mol. The van der Waals surface area contributed by atoms with Gasteiger partial charge in [0.25, 0.3) is 0 Å². The number of fused-ring (bicyclic) bond motifs is 5. The minimum Gasteiger partial charge on any atom is -0.123 e. The summed E-state index contributed by atoms with van der Waals surface area (Å²) in [6.07, 6.45) is 0. The van der Waals surface area contributed by atoms with Crippen LogP contribution >= 0.6 is 77.2 Å². The molecule has 4 rings (SSSR count). The lowest BCUT2D eigenvalue weighted by atomic mass is 10.3. The second-order valence-corrected chi connectivity index (χ2v) is 10.8. The highest BCUT2D eigenvalue weighted by Gasteiger charge is 2.15. The fraction of sp³-hybridized carbons (Fsp3) is 0. The van der Waals surface area contributed by atoms with Gasteiger partial charge in [-0.1, -0.05) is 0 Å². The summed E-state index contributed by atoms with van der Waals surface area (Å²) in [6.45, 7) is 0. The average Bonchev–Trinajstić information content (AvgIpc) is 2.85. The maximum atomic E-state index is 3.56. The second-order valence-electron chi connectivity index (χ2n) is 3.37. The Morgan fingerprint density at radius 1 is 0.688 bits per heavy atom. The Morgan fingerprint density at radius 3 is 1.56 bits per heavy atom. The van der Waals surface area contributed by atoms with E-state index in [1.54, 1.807) is 0 Å². The quantitative estimate of drug-likeness (QED) is 0.295. The van der Waals surface area contributed by atoms with E-state index in [1.165, 1.54) is 35.8 Å². The molecular formula is C10H2Br2S4. The molecule has 16 heavy (non-hydrogen) atoms. The first-order valence-electron chi connectivity index (χ1n) is 4.42. The molecule has 0 amide bonds. The number of rotatable bonds is 0. The van der Waals surface area contributed by atoms with E-state index in [-0.39, 0.29) is 0 Å². The Morgan fingerprint density at radius 2 is 1.12 bits per heavy atom. The molecule has 0 fully saturated rings. The molecule has 80 valence electrons. The molecule has 4 aromatic rings. The molecule has 0 unspecified atom stereocenters. The summed E-state index contributed by atoms with van der Waals surface area (Å²) in [5.41, 5.74) is 0. The van der Waals surface area contributed by atoms with Crippen LogP contribution in [0, 0.1) is 0 Å². The van der Waals surface area contributed by atoms with Crippen LogP contribution in [0.4, 0.5) is 0 Å². The van der Waals surface area contributed by atoms with Crippen molar-refractivity contribution in [2.45, 2.75) is 0 Å². The van der Waals surface area contributed by atoms with E-state index < -0.39 is 0 Å². The molecule has 0 nitrogen and oxygen atoms in total. The van der Waals surface area contributed by atoms with E-state index in [1.807, 2.05) is 45.3 Å². The third-order valence-corrected chi connectivity index (χ3v) is 8.48. The van der Waals surface area contributed by atoms with Crippen LogP contribution < -0.4 is 0 Å². The maximum Gasteiger partial charge on any atom is 0.0898 e. The molecule has 6 heteroatoms. The summed E-state index contributed by atoms with van der Waals surface area (Å²) in [6, 6.07) is 4.49. The van der Waals surface area contributed by atoms with Gasteiger partial charge in [0, 0.05) is 10.8 Å². The third-order valence-electron chi connectivity index (χ3n) is 2.42. The Bertz CT molecular complexity index is 759. The Kier molecular flexibility index (Phi) is 2.30. The van der Waals surface area contributed by atoms with Gasteiger partial charge in [-0.05, 0) is 44.0 Å². The van der Waals surface area contributed by atoms with Gasteiger partial charge in [0.15, 0.2) is 0 Å². The molecule has 0 bridgehead atoms. The highest BCUT2D eigenvalue weighted by Crippen LogP contribution is 2.50. The van der Waals surface area contributed by atoms with Crippen molar-refractivity contribution in [1.82, 2.24) is 0 Å². The minimum atomic E-state index is 1.23. The van der Waals surface area contributed by atoms with Gasteiger partial charge in [-0.25, -0.2) is 0 Å². The van der Waals surface area contributed by atoms with Crippen molar-refractivity contribution in [2.24, 2.45) is 0 Å². The van der Waals surface area contributed by atoms with Crippen molar-refractivity contribution in [1.29, 1.82) is 0 Å². The van der Waals surface area contributed by atoms with Crippen LogP contribution in [-0.4, -0.2) is 0 Å². The van der Waals surface area contributed by atoms with Gasteiger partial charge in [0.05, 0.1) is 25.0 Å². The predicted molar refractivity (Wildman–Crippen MR) is 85.9 cm³/mol. The molecule has 0 aliphatic heterocycles. The van der Waals surface area contributed by atoms with Gasteiger partial charge in [-0.15, -0.1) is 45.3 Å². The van der Waals surface area contributed by atoms with Crippen molar-refractivity contribution in [3.63, 3.8) is 0 Å². The van der Waals surface area contributed by atoms with Crippen LogP contribution in [0.2, 0.25) is 0 Å². The number of hydrogen-bond acceptors (Lipinski definition) is 4. The van der Waals surface area contributed by atoms with Gasteiger partial charge in [0.2, 0.25) is 0 Å². The summed E-state index contributed by atoms with van der Waals surface area (Å²) in [4.78, 5) is 0. The van der Waals surface area contributed by atoms with Crippen molar-refractivity contribution in [3.05, 3.63) is 19.7 Å². The molecule has 0 saturated carbocycles. The molecule has 0 saturated heterocycles. The van der Waals surface area contributed by atoms with Crippen LogP contribution in [0.25, 0.3) is 28.2 Å². The monoisotopic (exact) mass is 408 g/mol. The lowest BCUT2D eigenvalue weighted by molar-refractivity contribution is 2.10. The molecule has 4 heterocycles. The Labute approximate surface area is 124 Å². The third kappa shape index (κ3) is 1.34. The SMILES string of the molecule is Brc1cc2c(s1)sc1c3cc(Br)sc3sc21. The van der Waals surface area contributed by atoms with Crippen LogP contribution in [0.1, 0.15) is 0 Å². The molecule has 0 spiro atoms. The van der Waals surface area contributed by atoms with Crippen LogP contribution in [0.5, 0.6) is 0 Å². The fourth-order valence-electron chi connectivity index (χ4n) is 1.79. The Balaban J connectivity index is 2.28. The summed E-state index contributed by atoms with van der Waals surface area (Å²) in [7, 11) is 0. The first-order valence-corrected chi connectivity index (χ1v) is 9.27. The first kappa shape index (κ1) is 10.5. The largest absolute Gasteiger partial charge is 0.123 e. The number of halogens is 2. The predicted octanol–water partition coefficient (Wildman–Crippen LogP) is 6.92. The van der Waals surface area contributed by atoms with Gasteiger partial charge >= 0.3 is 0 Å². The zero-order valence-electron chi connectivity index (χ0n) is 7.54. The van der Waals surface area contributed by atoms with E-state index >= 15 is 0 Å². The van der Waals surface area contributed by atoms with E-state index in [4.69, 9.17) is 0 Å². The maximum absolute atomic E-state index is 3.56. The molecule has 0 N–H and O–H groups in total. The van der Waals surface area contributed by atoms with Gasteiger partial charge < -0.3 is 0 Å². The lowest BCUT2D eigenvalue weighted by Crippen LogP contribution is -1.48. The smallest absolute Gasteiger partial charge is 0.0898 e. The summed E-state index contributed by atoms with van der Waals surface area (Å²) in [5, 5.41) is 2.84. The van der Waals surface area contributed by atoms with E-state index in [9.17, 15) is 0 Å². The lowest BCUT2D eigenvalue weighted by Gasteiger charge is -1.77. The summed E-state index contributed by atoms with van der Waals surface area (Å²) in [5.74, 6) is 0. The molecule has 0 radical (unpaired) electrons. The molecule has 4 aromatic heterocycles. The van der Waals surface area contributed by atoms with Crippen molar-refractivity contribution < 1.29 is 0 Å². The topological polar surface area (TPSA) is 0 Å². The van der Waals surface area contributed by atoms with Gasteiger partial charge in [-0.2, -0.15) is 0 Å². The number of hydrogen-bond donors (Lipinski definition) is 0. The average molecular weight is 410 g/mol. The highest BCUT2D eigenvalue weighted by molar-refractivity contribution is 9.11. The molecule has 0 aliphatic carbocycles. The first-order chi connectivity index (χ1) is 7.72. The van der Waals surface area contributed by atoms with Crippen molar-refractivity contribution in [3.8, 4) is 0 Å². The van der Waals surface area contributed by atoms with Crippen LogP contribution in [0.15, 0.2) is 19.7 Å². The molecule has 0 aromatic carbocycles. The van der Waals surface area contributed by atoms with Crippen molar-refractivity contribution >= 4 is 105 Å². The zero-order valence-corrected chi connectivity index (χ0v) is 14.0. The standard InChI is InChI=1S/C10H2Br2S4/c11-5-1-3-7-8(16-9(3)13-5)4-2-6(12)14-10(4)15-7/h1-2H. The Hall–Kier alpha value is 0.540. The minimum absolute atomic E-state index is 1.23. The molecule has 0 atom stereocenters. The number of thiophene rings is 4.